The van der Waals surface area contributed by atoms with Crippen molar-refractivity contribution in [1.29, 1.82) is 0 Å². The van der Waals surface area contributed by atoms with Crippen molar-refractivity contribution in [1.82, 2.24) is 4.98 Å². The highest BCUT2D eigenvalue weighted by molar-refractivity contribution is 7.09. The van der Waals surface area contributed by atoms with Gasteiger partial charge in [0.15, 0.2) is 0 Å². The van der Waals surface area contributed by atoms with E-state index in [2.05, 4.69) is 10.3 Å². The van der Waals surface area contributed by atoms with Crippen molar-refractivity contribution in [3.63, 3.8) is 0 Å². The monoisotopic (exact) mass is 192 g/mol. The van der Waals surface area contributed by atoms with Crippen LogP contribution in [0.4, 0.5) is 5.69 Å². The van der Waals surface area contributed by atoms with E-state index in [0.717, 1.165) is 30.1 Å². The van der Waals surface area contributed by atoms with Crippen molar-refractivity contribution >= 4 is 17.0 Å². The van der Waals surface area contributed by atoms with Gasteiger partial charge >= 0.3 is 0 Å². The number of fused-ring (bicyclic) bond motifs is 2. The maximum absolute atomic E-state index is 5.36. The van der Waals surface area contributed by atoms with Crippen molar-refractivity contribution in [3.05, 3.63) is 34.2 Å². The fourth-order valence-corrected chi connectivity index (χ4v) is 2.27. The Morgan fingerprint density at radius 3 is 3.54 bits per heavy atom. The number of rotatable bonds is 0. The Balaban J connectivity index is 2.10. The highest BCUT2D eigenvalue weighted by Gasteiger charge is 2.16. The zero-order valence-electron chi connectivity index (χ0n) is 6.91. The Morgan fingerprint density at radius 1 is 1.54 bits per heavy atom. The first-order valence-electron chi connectivity index (χ1n) is 4.15. The second kappa shape index (κ2) is 2.60. The molecule has 0 spiro atoms. The van der Waals surface area contributed by atoms with E-state index < -0.39 is 0 Å². The summed E-state index contributed by atoms with van der Waals surface area (Å²) in [5.74, 6) is 0.990. The van der Waals surface area contributed by atoms with Gasteiger partial charge in [-0.3, -0.25) is 0 Å². The molecule has 0 atom stereocenters. The predicted octanol–water partition coefficient (Wildman–Crippen LogP) is 2.25. The number of aromatic nitrogens is 1. The number of thiazole rings is 1. The van der Waals surface area contributed by atoms with E-state index in [1.807, 2.05) is 11.6 Å². The standard InChI is InChI=1S/C9H8N2OS/c1-2-12-8-3-7-9(13-5-11-7)4-10-6(1)8/h1-2,5,10H,3-4H2. The number of anilines is 1. The SMILES string of the molecule is c1cc2c(o1)Cc1ncsc1CN2. The average molecular weight is 192 g/mol. The molecule has 66 valence electrons. The first-order chi connectivity index (χ1) is 6.43. The summed E-state index contributed by atoms with van der Waals surface area (Å²) in [4.78, 5) is 5.63. The maximum atomic E-state index is 5.36. The molecule has 4 heteroatoms. The molecule has 0 saturated heterocycles. The van der Waals surface area contributed by atoms with Gasteiger partial charge in [-0.05, 0) is 6.07 Å². The number of hydrogen-bond donors (Lipinski definition) is 1. The van der Waals surface area contributed by atoms with Gasteiger partial charge in [-0.1, -0.05) is 0 Å². The molecular weight excluding hydrogens is 184 g/mol. The Labute approximate surface area is 79.4 Å². The zero-order chi connectivity index (χ0) is 8.67. The molecule has 3 rings (SSSR count). The first kappa shape index (κ1) is 7.15. The Morgan fingerprint density at radius 2 is 2.54 bits per heavy atom. The molecule has 3 heterocycles. The molecular formula is C9H8N2OS. The summed E-state index contributed by atoms with van der Waals surface area (Å²) in [7, 11) is 0. The number of hydrogen-bond acceptors (Lipinski definition) is 4. The molecule has 0 fully saturated rings. The number of furan rings is 1. The molecule has 0 amide bonds. The number of nitrogens with zero attached hydrogens (tertiary/aromatic N) is 1. The van der Waals surface area contributed by atoms with Crippen molar-refractivity contribution in [2.75, 3.05) is 5.32 Å². The molecule has 13 heavy (non-hydrogen) atoms. The molecule has 0 bridgehead atoms. The summed E-state index contributed by atoms with van der Waals surface area (Å²) < 4.78 is 5.36. The van der Waals surface area contributed by atoms with E-state index in [1.165, 1.54) is 4.88 Å². The molecule has 1 aliphatic heterocycles. The maximum Gasteiger partial charge on any atom is 0.132 e. The fraction of sp³-hybridized carbons (Fsp3) is 0.222. The summed E-state index contributed by atoms with van der Waals surface area (Å²) in [5, 5.41) is 3.32. The van der Waals surface area contributed by atoms with Gasteiger partial charge in [-0.15, -0.1) is 11.3 Å². The molecule has 2 aromatic heterocycles. The van der Waals surface area contributed by atoms with Crippen molar-refractivity contribution in [3.8, 4) is 0 Å². The lowest BCUT2D eigenvalue weighted by atomic mass is 10.2. The Kier molecular flexibility index (Phi) is 1.43. The van der Waals surface area contributed by atoms with Crippen LogP contribution < -0.4 is 5.32 Å². The van der Waals surface area contributed by atoms with Gasteiger partial charge in [0.05, 0.1) is 36.1 Å². The van der Waals surface area contributed by atoms with Crippen LogP contribution in [0.1, 0.15) is 16.3 Å². The Bertz CT molecular complexity index is 392. The summed E-state index contributed by atoms with van der Waals surface area (Å²) in [5.41, 5.74) is 4.14. The van der Waals surface area contributed by atoms with E-state index in [0.29, 0.717) is 0 Å². The van der Waals surface area contributed by atoms with Crippen LogP contribution in [0.5, 0.6) is 0 Å². The lowest BCUT2D eigenvalue weighted by Gasteiger charge is -1.97. The molecule has 1 N–H and O–H groups in total. The Hall–Kier alpha value is -1.29. The van der Waals surface area contributed by atoms with Crippen LogP contribution in [0.25, 0.3) is 0 Å². The fourth-order valence-electron chi connectivity index (χ4n) is 1.54. The molecule has 3 nitrogen and oxygen atoms in total. The van der Waals surface area contributed by atoms with Gasteiger partial charge in [-0.2, -0.15) is 0 Å². The quantitative estimate of drug-likeness (QED) is 0.695. The van der Waals surface area contributed by atoms with Crippen LogP contribution in [0, 0.1) is 0 Å². The third kappa shape index (κ3) is 1.06. The van der Waals surface area contributed by atoms with Gasteiger partial charge in [0, 0.05) is 4.88 Å². The normalized spacial score (nSPS) is 14.2. The third-order valence-electron chi connectivity index (χ3n) is 2.24. The molecule has 0 saturated carbocycles. The molecule has 2 aromatic rings. The number of nitrogens with one attached hydrogen (secondary N) is 1. The average Bonchev–Trinajstić information content (AvgIpc) is 2.72. The zero-order valence-corrected chi connectivity index (χ0v) is 7.73. The lowest BCUT2D eigenvalue weighted by molar-refractivity contribution is 0.521. The highest BCUT2D eigenvalue weighted by Crippen LogP contribution is 2.27. The summed E-state index contributed by atoms with van der Waals surface area (Å²) in [6.07, 6.45) is 2.53. The second-order valence-corrected chi connectivity index (χ2v) is 3.95. The van der Waals surface area contributed by atoms with E-state index in [-0.39, 0.29) is 0 Å². The van der Waals surface area contributed by atoms with Gasteiger partial charge < -0.3 is 9.73 Å². The van der Waals surface area contributed by atoms with Crippen LogP contribution in [0.15, 0.2) is 22.3 Å². The van der Waals surface area contributed by atoms with E-state index in [4.69, 9.17) is 4.42 Å². The molecule has 0 radical (unpaired) electrons. The first-order valence-corrected chi connectivity index (χ1v) is 5.03. The van der Waals surface area contributed by atoms with Gasteiger partial charge in [0.1, 0.15) is 5.76 Å². The minimum absolute atomic E-state index is 0.814. The van der Waals surface area contributed by atoms with E-state index in [1.54, 1.807) is 17.6 Å². The third-order valence-corrected chi connectivity index (χ3v) is 3.11. The predicted molar refractivity (Wildman–Crippen MR) is 51.0 cm³/mol. The molecule has 0 aromatic carbocycles. The van der Waals surface area contributed by atoms with Crippen LogP contribution in [-0.4, -0.2) is 4.98 Å². The summed E-state index contributed by atoms with van der Waals surface area (Å²) in [6, 6.07) is 1.96. The largest absolute Gasteiger partial charge is 0.467 e. The van der Waals surface area contributed by atoms with Gasteiger partial charge in [-0.25, -0.2) is 4.98 Å². The van der Waals surface area contributed by atoms with Gasteiger partial charge in [0.2, 0.25) is 0 Å². The van der Waals surface area contributed by atoms with Gasteiger partial charge in [0.25, 0.3) is 0 Å². The summed E-state index contributed by atoms with van der Waals surface area (Å²) in [6.45, 7) is 0.868. The van der Waals surface area contributed by atoms with Crippen molar-refractivity contribution in [2.24, 2.45) is 0 Å². The van der Waals surface area contributed by atoms with E-state index >= 15 is 0 Å². The van der Waals surface area contributed by atoms with Crippen molar-refractivity contribution < 1.29 is 4.42 Å². The van der Waals surface area contributed by atoms with Crippen LogP contribution >= 0.6 is 11.3 Å². The van der Waals surface area contributed by atoms with Crippen molar-refractivity contribution in [2.45, 2.75) is 13.0 Å². The molecule has 0 unspecified atom stereocenters. The molecule has 1 aliphatic rings. The van der Waals surface area contributed by atoms with E-state index in [9.17, 15) is 0 Å². The smallest absolute Gasteiger partial charge is 0.132 e. The lowest BCUT2D eigenvalue weighted by Crippen LogP contribution is -1.95. The molecule has 0 aliphatic carbocycles. The van der Waals surface area contributed by atoms with Crippen LogP contribution in [0.2, 0.25) is 0 Å². The second-order valence-electron chi connectivity index (χ2n) is 3.01. The highest BCUT2D eigenvalue weighted by atomic mass is 32.1. The minimum Gasteiger partial charge on any atom is -0.467 e. The summed E-state index contributed by atoms with van der Waals surface area (Å²) >= 11 is 1.70. The van der Waals surface area contributed by atoms with Crippen LogP contribution in [0.3, 0.4) is 0 Å². The topological polar surface area (TPSA) is 38.1 Å². The van der Waals surface area contributed by atoms with Crippen LogP contribution in [-0.2, 0) is 13.0 Å². The minimum atomic E-state index is 0.814.